The number of piperidine rings is 1. The van der Waals surface area contributed by atoms with Crippen LogP contribution in [0.4, 0.5) is 4.79 Å². The van der Waals surface area contributed by atoms with Gasteiger partial charge in [0.2, 0.25) is 0 Å². The van der Waals surface area contributed by atoms with Crippen molar-refractivity contribution < 1.29 is 19.4 Å². The van der Waals surface area contributed by atoms with Gasteiger partial charge in [0.15, 0.2) is 0 Å². The van der Waals surface area contributed by atoms with Crippen molar-refractivity contribution in [1.82, 2.24) is 4.90 Å². The van der Waals surface area contributed by atoms with Gasteiger partial charge in [0.1, 0.15) is 5.60 Å². The van der Waals surface area contributed by atoms with Gasteiger partial charge in [0, 0.05) is 13.1 Å². The number of aliphatic carboxylic acids is 1. The van der Waals surface area contributed by atoms with Gasteiger partial charge in [0.25, 0.3) is 0 Å². The molecule has 1 amide bonds. The molecule has 0 aromatic heterocycles. The van der Waals surface area contributed by atoms with Gasteiger partial charge in [-0.15, -0.1) is 0 Å². The van der Waals surface area contributed by atoms with Crippen LogP contribution in [-0.4, -0.2) is 40.8 Å². The van der Waals surface area contributed by atoms with Crippen molar-refractivity contribution in [1.29, 1.82) is 0 Å². The molecule has 0 aromatic rings. The summed E-state index contributed by atoms with van der Waals surface area (Å²) in [7, 11) is 0. The molecule has 1 N–H and O–H groups in total. The summed E-state index contributed by atoms with van der Waals surface area (Å²) in [4.78, 5) is 24.9. The van der Waals surface area contributed by atoms with Crippen molar-refractivity contribution in [3.8, 4) is 0 Å². The van der Waals surface area contributed by atoms with Crippen molar-refractivity contribution in [3.63, 3.8) is 0 Å². The molecule has 0 unspecified atom stereocenters. The molecule has 0 bridgehead atoms. The van der Waals surface area contributed by atoms with E-state index >= 15 is 0 Å². The van der Waals surface area contributed by atoms with Crippen LogP contribution in [0.2, 0.25) is 0 Å². The van der Waals surface area contributed by atoms with E-state index in [2.05, 4.69) is 0 Å². The second-order valence-electron chi connectivity index (χ2n) is 7.08. The Kier molecular flexibility index (Phi) is 4.25. The molecule has 5 heteroatoms. The summed E-state index contributed by atoms with van der Waals surface area (Å²) in [5.41, 5.74) is -0.463. The fourth-order valence-electron chi connectivity index (χ4n) is 3.33. The Morgan fingerprint density at radius 3 is 2.45 bits per heavy atom. The third kappa shape index (κ3) is 3.64. The van der Waals surface area contributed by atoms with Gasteiger partial charge in [-0.25, -0.2) is 4.79 Å². The molecule has 1 saturated carbocycles. The largest absolute Gasteiger partial charge is 0.481 e. The summed E-state index contributed by atoms with van der Waals surface area (Å²) >= 11 is 0. The Bertz CT molecular complexity index is 388. The fourth-order valence-corrected chi connectivity index (χ4v) is 3.33. The number of hydrogen-bond donors (Lipinski definition) is 1. The number of likely N-dealkylation sites (tertiary alicyclic amines) is 1. The number of carbonyl (C=O) groups excluding carboxylic acids is 1. The molecule has 114 valence electrons. The fraction of sp³-hybridized carbons (Fsp3) is 0.867. The zero-order chi connectivity index (χ0) is 14.9. The first-order valence-corrected chi connectivity index (χ1v) is 7.47. The van der Waals surface area contributed by atoms with Crippen molar-refractivity contribution in [2.75, 3.05) is 13.1 Å². The molecular formula is C15H25NO4. The van der Waals surface area contributed by atoms with Crippen LogP contribution in [0.5, 0.6) is 0 Å². The number of fused-ring (bicyclic) bond motifs is 1. The summed E-state index contributed by atoms with van der Waals surface area (Å²) in [5.74, 6) is 0.0257. The number of rotatable bonds is 1. The van der Waals surface area contributed by atoms with E-state index < -0.39 is 11.6 Å². The van der Waals surface area contributed by atoms with Crippen LogP contribution in [0.3, 0.4) is 0 Å². The highest BCUT2D eigenvalue weighted by molar-refractivity contribution is 5.70. The molecular weight excluding hydrogens is 258 g/mol. The van der Waals surface area contributed by atoms with Gasteiger partial charge in [-0.3, -0.25) is 4.79 Å². The molecule has 2 fully saturated rings. The Morgan fingerprint density at radius 1 is 1.15 bits per heavy atom. The summed E-state index contributed by atoms with van der Waals surface area (Å²) in [5, 5.41) is 9.11. The van der Waals surface area contributed by atoms with Crippen molar-refractivity contribution in [3.05, 3.63) is 0 Å². The molecule has 2 rings (SSSR count). The van der Waals surface area contributed by atoms with Gasteiger partial charge >= 0.3 is 12.1 Å². The first kappa shape index (κ1) is 15.1. The smallest absolute Gasteiger partial charge is 0.410 e. The Balaban J connectivity index is 1.90. The first-order chi connectivity index (χ1) is 9.26. The van der Waals surface area contributed by atoms with E-state index in [0.29, 0.717) is 24.9 Å². The number of carbonyl (C=O) groups is 2. The van der Waals surface area contributed by atoms with Crippen LogP contribution in [0, 0.1) is 17.8 Å². The first-order valence-electron chi connectivity index (χ1n) is 7.47. The molecule has 1 aliphatic heterocycles. The lowest BCUT2D eigenvalue weighted by molar-refractivity contribution is -0.144. The topological polar surface area (TPSA) is 66.8 Å². The van der Waals surface area contributed by atoms with E-state index in [0.717, 1.165) is 25.7 Å². The van der Waals surface area contributed by atoms with Crippen molar-refractivity contribution >= 4 is 12.1 Å². The highest BCUT2D eigenvalue weighted by atomic mass is 16.6. The molecule has 1 saturated heterocycles. The quantitative estimate of drug-likeness (QED) is 0.803. The molecule has 5 nitrogen and oxygen atoms in total. The average Bonchev–Trinajstić information content (AvgIpc) is 2.35. The molecule has 1 aliphatic carbocycles. The number of amides is 1. The molecule has 2 aliphatic rings. The van der Waals surface area contributed by atoms with Crippen LogP contribution in [0.15, 0.2) is 0 Å². The van der Waals surface area contributed by atoms with Crippen LogP contribution in [0.1, 0.15) is 46.5 Å². The predicted octanol–water partition coefficient (Wildman–Crippen LogP) is 2.74. The zero-order valence-corrected chi connectivity index (χ0v) is 12.6. The average molecular weight is 283 g/mol. The van der Waals surface area contributed by atoms with Crippen LogP contribution in [-0.2, 0) is 9.53 Å². The maximum atomic E-state index is 12.1. The Hall–Kier alpha value is -1.26. The summed E-state index contributed by atoms with van der Waals surface area (Å²) < 4.78 is 5.41. The SMILES string of the molecule is CC(C)(C)OC(=O)N1CC[C@@H]2C[C@@H](C(=O)O)CC[C@H]2C1. The monoisotopic (exact) mass is 283 g/mol. The highest BCUT2D eigenvalue weighted by Gasteiger charge is 2.39. The second kappa shape index (κ2) is 5.62. The molecule has 0 aromatic carbocycles. The standard InChI is InChI=1S/C15H25NO4/c1-15(2,3)20-14(19)16-7-6-10-8-11(13(17)18)4-5-12(10)9-16/h10-12H,4-9H2,1-3H3,(H,17,18)/t10-,11+,12+/m1/s1. The normalized spacial score (nSPS) is 30.6. The third-order valence-corrected chi connectivity index (χ3v) is 4.37. The van der Waals surface area contributed by atoms with Gasteiger partial charge in [-0.05, 0) is 58.3 Å². The van der Waals surface area contributed by atoms with Crippen molar-refractivity contribution in [2.24, 2.45) is 17.8 Å². The molecule has 1 heterocycles. The van der Waals surface area contributed by atoms with Gasteiger partial charge in [0.05, 0.1) is 5.92 Å². The van der Waals surface area contributed by atoms with Gasteiger partial charge in [-0.2, -0.15) is 0 Å². The molecule has 0 radical (unpaired) electrons. The van der Waals surface area contributed by atoms with Crippen LogP contribution < -0.4 is 0 Å². The van der Waals surface area contributed by atoms with E-state index in [1.807, 2.05) is 20.8 Å². The lowest BCUT2D eigenvalue weighted by atomic mass is 9.71. The highest BCUT2D eigenvalue weighted by Crippen LogP contribution is 2.39. The van der Waals surface area contributed by atoms with Crippen molar-refractivity contribution in [2.45, 2.75) is 52.1 Å². The number of hydrogen-bond acceptors (Lipinski definition) is 3. The number of nitrogens with zero attached hydrogens (tertiary/aromatic N) is 1. The maximum absolute atomic E-state index is 12.1. The van der Waals surface area contributed by atoms with E-state index in [1.165, 1.54) is 0 Å². The second-order valence-corrected chi connectivity index (χ2v) is 7.08. The minimum atomic E-state index is -0.668. The lowest BCUT2D eigenvalue weighted by Crippen LogP contribution is -2.47. The minimum Gasteiger partial charge on any atom is -0.481 e. The minimum absolute atomic E-state index is 0.190. The molecule has 20 heavy (non-hydrogen) atoms. The zero-order valence-electron chi connectivity index (χ0n) is 12.6. The Morgan fingerprint density at radius 2 is 1.85 bits per heavy atom. The van der Waals surface area contributed by atoms with E-state index in [-0.39, 0.29) is 12.0 Å². The Labute approximate surface area is 120 Å². The number of ether oxygens (including phenoxy) is 1. The summed E-state index contributed by atoms with van der Waals surface area (Å²) in [6.07, 6.45) is 3.06. The van der Waals surface area contributed by atoms with E-state index in [4.69, 9.17) is 9.84 Å². The van der Waals surface area contributed by atoms with E-state index in [1.54, 1.807) is 4.90 Å². The van der Waals surface area contributed by atoms with Gasteiger partial charge < -0.3 is 14.7 Å². The lowest BCUT2D eigenvalue weighted by Gasteiger charge is -2.42. The van der Waals surface area contributed by atoms with E-state index in [9.17, 15) is 9.59 Å². The van der Waals surface area contributed by atoms with Crippen LogP contribution in [0.25, 0.3) is 0 Å². The van der Waals surface area contributed by atoms with Gasteiger partial charge in [-0.1, -0.05) is 0 Å². The summed E-state index contributed by atoms with van der Waals surface area (Å²) in [6, 6.07) is 0. The molecule has 0 spiro atoms. The number of carboxylic acids is 1. The summed E-state index contributed by atoms with van der Waals surface area (Å²) in [6.45, 7) is 7.01. The molecule has 3 atom stereocenters. The van der Waals surface area contributed by atoms with Crippen LogP contribution >= 0.6 is 0 Å². The third-order valence-electron chi connectivity index (χ3n) is 4.37. The maximum Gasteiger partial charge on any atom is 0.410 e. The predicted molar refractivity (Wildman–Crippen MR) is 74.4 cm³/mol. The number of carboxylic acid groups (broad SMARTS) is 1.